The van der Waals surface area contributed by atoms with E-state index in [4.69, 9.17) is 0 Å². The van der Waals surface area contributed by atoms with Crippen molar-refractivity contribution in [1.29, 1.82) is 0 Å². The molecule has 1 aromatic heterocycles. The van der Waals surface area contributed by atoms with Crippen molar-refractivity contribution in [3.8, 4) is 0 Å². The minimum absolute atomic E-state index is 0.00641. The van der Waals surface area contributed by atoms with Crippen molar-refractivity contribution in [3.63, 3.8) is 0 Å². The number of carbonyl (C=O) groups is 1. The second-order valence-corrected chi connectivity index (χ2v) is 7.28. The number of aliphatic hydroxyl groups excluding tert-OH is 1. The van der Waals surface area contributed by atoms with Crippen molar-refractivity contribution < 1.29 is 14.3 Å². The van der Waals surface area contributed by atoms with Gasteiger partial charge >= 0.3 is 0 Å². The van der Waals surface area contributed by atoms with Crippen LogP contribution in [0.4, 0.5) is 4.39 Å². The molecule has 6 heteroatoms. The van der Waals surface area contributed by atoms with Crippen molar-refractivity contribution >= 4 is 5.91 Å². The Morgan fingerprint density at radius 2 is 2.12 bits per heavy atom. The predicted molar refractivity (Wildman–Crippen MR) is 89.2 cm³/mol. The van der Waals surface area contributed by atoms with Gasteiger partial charge in [-0.2, -0.15) is 0 Å². The molecule has 3 heterocycles. The molecule has 1 N–H and O–H groups in total. The number of nitrogens with zero attached hydrogens (tertiary/aromatic N) is 3. The quantitative estimate of drug-likeness (QED) is 0.900. The fourth-order valence-electron chi connectivity index (χ4n) is 3.78. The summed E-state index contributed by atoms with van der Waals surface area (Å²) in [4.78, 5) is 20.4. The number of piperidine rings is 1. The number of halogens is 1. The normalized spacial score (nSPS) is 27.4. The summed E-state index contributed by atoms with van der Waals surface area (Å²) in [6, 6.07) is 5.54. The second kappa shape index (κ2) is 7.15. The highest BCUT2D eigenvalue weighted by Gasteiger charge is 2.38. The lowest BCUT2D eigenvalue weighted by atomic mass is 9.88. The molecule has 0 aliphatic carbocycles. The number of rotatable bonds is 4. The van der Waals surface area contributed by atoms with E-state index in [-0.39, 0.29) is 11.8 Å². The Hall–Kier alpha value is -1.53. The lowest BCUT2D eigenvalue weighted by molar-refractivity contribution is -0.135. The first kappa shape index (κ1) is 17.3. The van der Waals surface area contributed by atoms with Crippen LogP contribution in [0.2, 0.25) is 0 Å². The Morgan fingerprint density at radius 3 is 2.71 bits per heavy atom. The summed E-state index contributed by atoms with van der Waals surface area (Å²) in [5.41, 5.74) is -0.519. The van der Waals surface area contributed by atoms with Gasteiger partial charge in [0, 0.05) is 56.8 Å². The number of β-amino-alcohol motifs (C(OH)–C–C–N with tert-alkyl or cyclic N) is 1. The van der Waals surface area contributed by atoms with Gasteiger partial charge in [-0.05, 0) is 32.0 Å². The smallest absolute Gasteiger partial charge is 0.222 e. The Kier molecular flexibility index (Phi) is 5.15. The first-order valence-corrected chi connectivity index (χ1v) is 8.68. The molecule has 0 bridgehead atoms. The number of carbonyl (C=O) groups excluding carboxylic acids is 1. The zero-order chi connectivity index (χ0) is 17.2. The van der Waals surface area contributed by atoms with Gasteiger partial charge in [0.15, 0.2) is 0 Å². The summed E-state index contributed by atoms with van der Waals surface area (Å²) in [6.45, 7) is 2.25. The number of likely N-dealkylation sites (tertiary alicyclic amines) is 2. The van der Waals surface area contributed by atoms with E-state index in [1.165, 1.54) is 0 Å². The lowest BCUT2D eigenvalue weighted by Crippen LogP contribution is -2.46. The molecule has 1 amide bonds. The van der Waals surface area contributed by atoms with Gasteiger partial charge in [0.2, 0.25) is 5.91 Å². The number of amides is 1. The van der Waals surface area contributed by atoms with Crippen molar-refractivity contribution in [2.75, 3.05) is 33.2 Å². The van der Waals surface area contributed by atoms with E-state index < -0.39 is 11.8 Å². The second-order valence-electron chi connectivity index (χ2n) is 7.28. The van der Waals surface area contributed by atoms with Crippen LogP contribution in [0.3, 0.4) is 0 Å². The van der Waals surface area contributed by atoms with Crippen LogP contribution in [-0.4, -0.2) is 70.8 Å². The number of alkyl halides is 1. The molecule has 2 fully saturated rings. The van der Waals surface area contributed by atoms with E-state index in [9.17, 15) is 14.3 Å². The molecule has 0 spiro atoms. The molecule has 2 saturated heterocycles. The number of hydrogen-bond acceptors (Lipinski definition) is 4. The molecule has 0 aromatic carbocycles. The minimum atomic E-state index is -1.28. The zero-order valence-electron chi connectivity index (χ0n) is 14.2. The third-order valence-corrected chi connectivity index (χ3v) is 5.26. The highest BCUT2D eigenvalue weighted by Crippen LogP contribution is 2.31. The van der Waals surface area contributed by atoms with E-state index in [1.807, 2.05) is 30.1 Å². The molecule has 0 unspecified atom stereocenters. The van der Waals surface area contributed by atoms with Crippen LogP contribution in [0, 0.1) is 5.92 Å². The fraction of sp³-hybridized carbons (Fsp3) is 0.667. The maximum atomic E-state index is 15.0. The van der Waals surface area contributed by atoms with Gasteiger partial charge in [0.25, 0.3) is 0 Å². The molecule has 1 aromatic rings. The van der Waals surface area contributed by atoms with Gasteiger partial charge in [-0.25, -0.2) is 4.39 Å². The molecule has 2 aliphatic heterocycles. The molecule has 3 rings (SSSR count). The topological polar surface area (TPSA) is 56.7 Å². The van der Waals surface area contributed by atoms with Gasteiger partial charge in [0.05, 0.1) is 6.10 Å². The molecule has 2 atom stereocenters. The summed E-state index contributed by atoms with van der Waals surface area (Å²) in [5, 5.41) is 9.97. The van der Waals surface area contributed by atoms with Crippen LogP contribution in [0.25, 0.3) is 0 Å². The summed E-state index contributed by atoms with van der Waals surface area (Å²) < 4.78 is 15.0. The number of aliphatic hydroxyl groups is 1. The summed E-state index contributed by atoms with van der Waals surface area (Å²) in [7, 11) is 1.95. The van der Waals surface area contributed by atoms with Crippen molar-refractivity contribution in [2.24, 2.45) is 5.92 Å². The summed E-state index contributed by atoms with van der Waals surface area (Å²) in [5.74, 6) is 0.0299. The molecule has 2 aliphatic rings. The molecular weight excluding hydrogens is 309 g/mol. The minimum Gasteiger partial charge on any atom is -0.391 e. The maximum absolute atomic E-state index is 15.0. The van der Waals surface area contributed by atoms with E-state index in [0.717, 1.165) is 12.2 Å². The molecule has 0 radical (unpaired) electrons. The van der Waals surface area contributed by atoms with E-state index in [0.29, 0.717) is 45.3 Å². The van der Waals surface area contributed by atoms with E-state index in [1.54, 1.807) is 11.1 Å². The standard InChI is InChI=1S/C18H26FN3O2/c1-21-12-14(16(23)13-21)10-17(24)22-8-5-18(19,6-9-22)11-15-4-2-3-7-20-15/h2-4,7,14,16,23H,5-6,8-13H2,1H3/t14-,16-/m1/s1. The third kappa shape index (κ3) is 4.11. The average Bonchev–Trinajstić information content (AvgIpc) is 2.86. The Labute approximate surface area is 142 Å². The summed E-state index contributed by atoms with van der Waals surface area (Å²) in [6.07, 6.45) is 2.60. The summed E-state index contributed by atoms with van der Waals surface area (Å²) >= 11 is 0. The SMILES string of the molecule is CN1C[C@@H](CC(=O)N2CCC(F)(Cc3ccccn3)CC2)[C@H](O)C1. The highest BCUT2D eigenvalue weighted by molar-refractivity contribution is 5.76. The Bertz CT molecular complexity index is 561. The van der Waals surface area contributed by atoms with E-state index >= 15 is 0 Å². The van der Waals surface area contributed by atoms with Crippen molar-refractivity contribution in [3.05, 3.63) is 30.1 Å². The zero-order valence-corrected chi connectivity index (χ0v) is 14.2. The van der Waals surface area contributed by atoms with Gasteiger partial charge in [0.1, 0.15) is 5.67 Å². The molecule has 24 heavy (non-hydrogen) atoms. The number of aromatic nitrogens is 1. The molecular formula is C18H26FN3O2. The lowest BCUT2D eigenvalue weighted by Gasteiger charge is -2.36. The first-order valence-electron chi connectivity index (χ1n) is 8.68. The van der Waals surface area contributed by atoms with Gasteiger partial charge in [-0.1, -0.05) is 6.07 Å². The van der Waals surface area contributed by atoms with Gasteiger partial charge in [-0.15, -0.1) is 0 Å². The van der Waals surface area contributed by atoms with Crippen LogP contribution in [-0.2, 0) is 11.2 Å². The number of hydrogen-bond donors (Lipinski definition) is 1. The maximum Gasteiger partial charge on any atom is 0.222 e. The number of pyridine rings is 1. The first-order chi connectivity index (χ1) is 11.5. The van der Waals surface area contributed by atoms with Crippen LogP contribution in [0.15, 0.2) is 24.4 Å². The highest BCUT2D eigenvalue weighted by atomic mass is 19.1. The third-order valence-electron chi connectivity index (χ3n) is 5.26. The Balaban J connectivity index is 1.50. The Morgan fingerprint density at radius 1 is 1.38 bits per heavy atom. The molecule has 132 valence electrons. The van der Waals surface area contributed by atoms with Gasteiger partial charge < -0.3 is 14.9 Å². The molecule has 0 saturated carbocycles. The predicted octanol–water partition coefficient (Wildman–Crippen LogP) is 1.27. The number of likely N-dealkylation sites (N-methyl/N-ethyl adjacent to an activating group) is 1. The van der Waals surface area contributed by atoms with Crippen LogP contribution in [0.5, 0.6) is 0 Å². The van der Waals surface area contributed by atoms with E-state index in [2.05, 4.69) is 4.98 Å². The average molecular weight is 335 g/mol. The van der Waals surface area contributed by atoms with Crippen molar-refractivity contribution in [2.45, 2.75) is 37.5 Å². The monoisotopic (exact) mass is 335 g/mol. The van der Waals surface area contributed by atoms with Crippen LogP contribution >= 0.6 is 0 Å². The molecule has 5 nitrogen and oxygen atoms in total. The van der Waals surface area contributed by atoms with Crippen LogP contribution in [0.1, 0.15) is 25.0 Å². The van der Waals surface area contributed by atoms with Crippen molar-refractivity contribution in [1.82, 2.24) is 14.8 Å². The van der Waals surface area contributed by atoms with Gasteiger partial charge in [-0.3, -0.25) is 9.78 Å². The largest absolute Gasteiger partial charge is 0.391 e. The fourth-order valence-corrected chi connectivity index (χ4v) is 3.78. The van der Waals surface area contributed by atoms with Crippen LogP contribution < -0.4 is 0 Å².